The molecule has 2 aromatic rings. The van der Waals surface area contributed by atoms with Crippen LogP contribution in [0.4, 0.5) is 4.79 Å². The third-order valence-corrected chi connectivity index (χ3v) is 4.82. The Hall–Kier alpha value is -3.30. The van der Waals surface area contributed by atoms with Crippen molar-refractivity contribution in [3.63, 3.8) is 0 Å². The number of methoxy groups -OCH3 is 2. The molecule has 1 aliphatic heterocycles. The highest BCUT2D eigenvalue weighted by Gasteiger charge is 2.25. The van der Waals surface area contributed by atoms with Gasteiger partial charge in [0.1, 0.15) is 0 Å². The molecule has 1 aliphatic rings. The average Bonchev–Trinajstić information content (AvgIpc) is 3.26. The second kappa shape index (κ2) is 9.95. The van der Waals surface area contributed by atoms with E-state index >= 15 is 0 Å². The van der Waals surface area contributed by atoms with E-state index in [9.17, 15) is 9.59 Å². The number of aryl methyl sites for hydroxylation is 1. The molecule has 1 aromatic heterocycles. The molecule has 10 nitrogen and oxygen atoms in total. The quantitative estimate of drug-likeness (QED) is 0.672. The van der Waals surface area contributed by atoms with E-state index in [1.54, 1.807) is 43.1 Å². The van der Waals surface area contributed by atoms with Crippen molar-refractivity contribution in [3.05, 3.63) is 24.1 Å². The van der Waals surface area contributed by atoms with Gasteiger partial charge < -0.3 is 28.5 Å². The Balaban J connectivity index is 1.52. The van der Waals surface area contributed by atoms with Crippen LogP contribution in [0.5, 0.6) is 11.5 Å². The van der Waals surface area contributed by atoms with Gasteiger partial charge in [0.15, 0.2) is 11.5 Å². The molecule has 0 bridgehead atoms. The number of rotatable bonds is 7. The molecular weight excluding hydrogens is 392 g/mol. The van der Waals surface area contributed by atoms with Gasteiger partial charge in [0.05, 0.1) is 20.8 Å². The summed E-state index contributed by atoms with van der Waals surface area (Å²) in [7, 11) is 3.12. The molecule has 1 fully saturated rings. The Labute approximate surface area is 174 Å². The molecule has 30 heavy (non-hydrogen) atoms. The van der Waals surface area contributed by atoms with Crippen LogP contribution in [0.15, 0.2) is 22.7 Å². The normalized spacial score (nSPS) is 13.8. The number of nitrogens with zero attached hydrogens (tertiary/aromatic N) is 4. The van der Waals surface area contributed by atoms with Crippen molar-refractivity contribution in [3.8, 4) is 22.9 Å². The van der Waals surface area contributed by atoms with E-state index < -0.39 is 0 Å². The maximum absolute atomic E-state index is 12.5. The van der Waals surface area contributed by atoms with Crippen LogP contribution >= 0.6 is 0 Å². The van der Waals surface area contributed by atoms with E-state index in [-0.39, 0.29) is 18.4 Å². The first-order valence-electron chi connectivity index (χ1n) is 9.80. The Kier molecular flexibility index (Phi) is 7.10. The molecule has 0 spiro atoms. The second-order valence-corrected chi connectivity index (χ2v) is 6.65. The number of hydrogen-bond acceptors (Lipinski definition) is 8. The molecule has 2 amide bonds. The first-order chi connectivity index (χ1) is 14.5. The number of hydrogen-bond donors (Lipinski definition) is 0. The summed E-state index contributed by atoms with van der Waals surface area (Å²) in [5.41, 5.74) is 0.726. The van der Waals surface area contributed by atoms with Gasteiger partial charge in [-0.05, 0) is 25.1 Å². The van der Waals surface area contributed by atoms with E-state index in [1.165, 1.54) is 0 Å². The minimum absolute atomic E-state index is 0.00984. The highest BCUT2D eigenvalue weighted by molar-refractivity contribution is 5.77. The monoisotopic (exact) mass is 418 g/mol. The molecule has 0 aliphatic carbocycles. The topological polar surface area (TPSA) is 107 Å². The molecule has 0 saturated carbocycles. The molecule has 0 unspecified atom stereocenters. The van der Waals surface area contributed by atoms with Crippen molar-refractivity contribution in [1.82, 2.24) is 19.9 Å². The molecule has 2 heterocycles. The fraction of sp³-hybridized carbons (Fsp3) is 0.500. The van der Waals surface area contributed by atoms with Crippen LogP contribution in [-0.2, 0) is 16.0 Å². The van der Waals surface area contributed by atoms with Crippen molar-refractivity contribution in [2.24, 2.45) is 0 Å². The maximum atomic E-state index is 12.5. The number of benzene rings is 1. The fourth-order valence-corrected chi connectivity index (χ4v) is 3.17. The zero-order valence-electron chi connectivity index (χ0n) is 17.4. The Bertz CT molecular complexity index is 876. The first-order valence-corrected chi connectivity index (χ1v) is 9.80. The molecule has 0 radical (unpaired) electrons. The van der Waals surface area contributed by atoms with Gasteiger partial charge in [-0.15, -0.1) is 0 Å². The number of ether oxygens (including phenoxy) is 3. The SMILES string of the molecule is CCOC(=O)N1CCN(C(=O)CCc2nc(-c3ccc(OC)c(OC)c3)no2)CC1. The minimum Gasteiger partial charge on any atom is -0.493 e. The number of amides is 2. The minimum atomic E-state index is -0.335. The van der Waals surface area contributed by atoms with Crippen molar-refractivity contribution >= 4 is 12.0 Å². The summed E-state index contributed by atoms with van der Waals surface area (Å²) in [5, 5.41) is 3.99. The van der Waals surface area contributed by atoms with Gasteiger partial charge in [-0.3, -0.25) is 4.79 Å². The lowest BCUT2D eigenvalue weighted by molar-refractivity contribution is -0.132. The van der Waals surface area contributed by atoms with Crippen molar-refractivity contribution < 1.29 is 28.3 Å². The first kappa shape index (κ1) is 21.4. The van der Waals surface area contributed by atoms with E-state index in [1.807, 2.05) is 6.07 Å². The van der Waals surface area contributed by atoms with Crippen molar-refractivity contribution in [1.29, 1.82) is 0 Å². The number of carbonyl (C=O) groups excluding carboxylic acids is 2. The molecule has 0 atom stereocenters. The lowest BCUT2D eigenvalue weighted by Crippen LogP contribution is -2.50. The molecular formula is C20H26N4O6. The third kappa shape index (κ3) is 5.00. The van der Waals surface area contributed by atoms with Crippen LogP contribution < -0.4 is 9.47 Å². The molecule has 1 aromatic carbocycles. The lowest BCUT2D eigenvalue weighted by atomic mass is 10.2. The molecule has 162 valence electrons. The standard InChI is InChI=1S/C20H26N4O6/c1-4-29-20(26)24-11-9-23(10-12-24)18(25)8-7-17-21-19(22-30-17)14-5-6-15(27-2)16(13-14)28-3/h5-6,13H,4,7-12H2,1-3H3. The number of carbonyl (C=O) groups is 2. The zero-order chi connectivity index (χ0) is 21.5. The van der Waals surface area contributed by atoms with Crippen LogP contribution in [-0.4, -0.2) is 78.9 Å². The molecule has 10 heteroatoms. The summed E-state index contributed by atoms with van der Waals surface area (Å²) in [6.45, 7) is 4.01. The van der Waals surface area contributed by atoms with Gasteiger partial charge in [-0.2, -0.15) is 4.98 Å². The fourth-order valence-electron chi connectivity index (χ4n) is 3.17. The molecule has 1 saturated heterocycles. The highest BCUT2D eigenvalue weighted by Crippen LogP contribution is 2.31. The van der Waals surface area contributed by atoms with Crippen LogP contribution in [0.1, 0.15) is 19.2 Å². The van der Waals surface area contributed by atoms with Crippen molar-refractivity contribution in [2.45, 2.75) is 19.8 Å². The summed E-state index contributed by atoms with van der Waals surface area (Å²) in [6, 6.07) is 5.34. The summed E-state index contributed by atoms with van der Waals surface area (Å²) in [6.07, 6.45) is 0.266. The summed E-state index contributed by atoms with van der Waals surface area (Å²) < 4.78 is 20.8. The summed E-state index contributed by atoms with van der Waals surface area (Å²) >= 11 is 0. The van der Waals surface area contributed by atoms with Gasteiger partial charge in [0.2, 0.25) is 17.6 Å². The summed E-state index contributed by atoms with van der Waals surface area (Å²) in [5.74, 6) is 1.97. The second-order valence-electron chi connectivity index (χ2n) is 6.65. The van der Waals surface area contributed by atoms with Gasteiger partial charge in [-0.1, -0.05) is 5.16 Å². The van der Waals surface area contributed by atoms with E-state index in [0.717, 1.165) is 5.56 Å². The highest BCUT2D eigenvalue weighted by atomic mass is 16.6. The van der Waals surface area contributed by atoms with E-state index in [4.69, 9.17) is 18.7 Å². The molecule has 0 N–H and O–H groups in total. The van der Waals surface area contributed by atoms with Crippen molar-refractivity contribution in [2.75, 3.05) is 47.0 Å². The van der Waals surface area contributed by atoms with Crippen LogP contribution in [0.25, 0.3) is 11.4 Å². The van der Waals surface area contributed by atoms with Gasteiger partial charge in [-0.25, -0.2) is 4.79 Å². The van der Waals surface area contributed by atoms with E-state index in [2.05, 4.69) is 10.1 Å². The Morgan fingerprint density at radius 2 is 1.77 bits per heavy atom. The predicted octanol–water partition coefficient (Wildman–Crippen LogP) is 1.99. The average molecular weight is 418 g/mol. The van der Waals surface area contributed by atoms with Gasteiger partial charge in [0, 0.05) is 44.6 Å². The van der Waals surface area contributed by atoms with Crippen LogP contribution in [0.2, 0.25) is 0 Å². The van der Waals surface area contributed by atoms with Crippen LogP contribution in [0.3, 0.4) is 0 Å². The maximum Gasteiger partial charge on any atom is 0.409 e. The Morgan fingerprint density at radius 3 is 2.43 bits per heavy atom. The Morgan fingerprint density at radius 1 is 1.07 bits per heavy atom. The molecule has 3 rings (SSSR count). The lowest BCUT2D eigenvalue weighted by Gasteiger charge is -2.34. The van der Waals surface area contributed by atoms with Gasteiger partial charge >= 0.3 is 6.09 Å². The van der Waals surface area contributed by atoms with E-state index in [0.29, 0.717) is 62.4 Å². The largest absolute Gasteiger partial charge is 0.493 e. The third-order valence-electron chi connectivity index (χ3n) is 4.82. The predicted molar refractivity (Wildman–Crippen MR) is 106 cm³/mol. The van der Waals surface area contributed by atoms with Gasteiger partial charge in [0.25, 0.3) is 0 Å². The number of aromatic nitrogens is 2. The smallest absolute Gasteiger partial charge is 0.409 e. The number of piperazine rings is 1. The zero-order valence-corrected chi connectivity index (χ0v) is 17.4. The van der Waals surface area contributed by atoms with Crippen LogP contribution in [0, 0.1) is 0 Å². The summed E-state index contributed by atoms with van der Waals surface area (Å²) in [4.78, 5) is 31.9.